The zero-order valence-corrected chi connectivity index (χ0v) is 12.1. The van der Waals surface area contributed by atoms with E-state index in [4.69, 9.17) is 0 Å². The lowest BCUT2D eigenvalue weighted by molar-refractivity contribution is 0.220. The zero-order valence-electron chi connectivity index (χ0n) is 12.1. The van der Waals surface area contributed by atoms with Gasteiger partial charge in [0.25, 0.3) is 0 Å². The summed E-state index contributed by atoms with van der Waals surface area (Å²) in [6.45, 7) is 2.19. The largest absolute Gasteiger partial charge is 0.313 e. The molecule has 1 N–H and O–H groups in total. The molecule has 0 radical (unpaired) electrons. The summed E-state index contributed by atoms with van der Waals surface area (Å²) >= 11 is 0. The summed E-state index contributed by atoms with van der Waals surface area (Å²) in [6.07, 6.45) is 5.44. The third-order valence-corrected chi connectivity index (χ3v) is 4.65. The van der Waals surface area contributed by atoms with Gasteiger partial charge in [0.15, 0.2) is 17.5 Å². The Balaban J connectivity index is 2.19. The molecule has 1 unspecified atom stereocenters. The van der Waals surface area contributed by atoms with E-state index in [1.807, 2.05) is 0 Å². The maximum absolute atomic E-state index is 13.9. The normalized spacial score (nSPS) is 24.6. The second-order valence-corrected chi connectivity index (χ2v) is 5.72. The van der Waals surface area contributed by atoms with Gasteiger partial charge in [-0.05, 0) is 37.8 Å². The summed E-state index contributed by atoms with van der Waals surface area (Å²) in [5.41, 5.74) is 0.242. The van der Waals surface area contributed by atoms with E-state index in [1.54, 1.807) is 7.05 Å². The van der Waals surface area contributed by atoms with Crippen molar-refractivity contribution in [1.29, 1.82) is 0 Å². The number of benzene rings is 1. The lowest BCUT2D eigenvalue weighted by atomic mass is 9.76. The van der Waals surface area contributed by atoms with Crippen LogP contribution in [0.4, 0.5) is 13.2 Å². The zero-order chi connectivity index (χ0) is 14.7. The van der Waals surface area contributed by atoms with Gasteiger partial charge >= 0.3 is 0 Å². The molecule has 20 heavy (non-hydrogen) atoms. The van der Waals surface area contributed by atoms with Crippen LogP contribution >= 0.6 is 0 Å². The quantitative estimate of drug-likeness (QED) is 0.798. The summed E-state index contributed by atoms with van der Waals surface area (Å²) in [6, 6.07) is 2.12. The molecule has 0 bridgehead atoms. The molecule has 1 saturated carbocycles. The van der Waals surface area contributed by atoms with Crippen LogP contribution in [-0.4, -0.2) is 7.05 Å². The van der Waals surface area contributed by atoms with Crippen molar-refractivity contribution in [1.82, 2.24) is 5.32 Å². The van der Waals surface area contributed by atoms with E-state index < -0.39 is 17.5 Å². The van der Waals surface area contributed by atoms with Crippen molar-refractivity contribution in [3.05, 3.63) is 35.1 Å². The van der Waals surface area contributed by atoms with Crippen LogP contribution < -0.4 is 5.32 Å². The van der Waals surface area contributed by atoms with Crippen LogP contribution in [-0.2, 0) is 0 Å². The van der Waals surface area contributed by atoms with E-state index in [0.29, 0.717) is 0 Å². The molecule has 1 aliphatic rings. The number of hydrogen-bond acceptors (Lipinski definition) is 1. The van der Waals surface area contributed by atoms with E-state index >= 15 is 0 Å². The molecular weight excluding hydrogens is 263 g/mol. The number of rotatable bonds is 4. The molecule has 0 aliphatic heterocycles. The van der Waals surface area contributed by atoms with Crippen molar-refractivity contribution in [3.63, 3.8) is 0 Å². The molecular formula is C16H22F3N. The molecule has 1 aromatic carbocycles. The molecule has 0 aromatic heterocycles. The summed E-state index contributed by atoms with van der Waals surface area (Å²) in [4.78, 5) is 0. The van der Waals surface area contributed by atoms with Crippen LogP contribution in [0.2, 0.25) is 0 Å². The van der Waals surface area contributed by atoms with Crippen molar-refractivity contribution in [2.75, 3.05) is 7.05 Å². The Morgan fingerprint density at radius 2 is 1.75 bits per heavy atom. The monoisotopic (exact) mass is 285 g/mol. The molecule has 0 amide bonds. The lowest BCUT2D eigenvalue weighted by Crippen LogP contribution is -2.29. The average Bonchev–Trinajstić information content (AvgIpc) is 2.48. The summed E-state index contributed by atoms with van der Waals surface area (Å²) < 4.78 is 40.4. The number of halogens is 3. The first-order valence-electron chi connectivity index (χ1n) is 7.39. The minimum absolute atomic E-state index is 0.242. The predicted molar refractivity (Wildman–Crippen MR) is 73.9 cm³/mol. The first-order valence-corrected chi connectivity index (χ1v) is 7.39. The minimum Gasteiger partial charge on any atom is -0.313 e. The Labute approximate surface area is 118 Å². The molecule has 1 fully saturated rings. The summed E-state index contributed by atoms with van der Waals surface area (Å²) in [5, 5.41) is 3.08. The minimum atomic E-state index is -1.37. The average molecular weight is 285 g/mol. The highest BCUT2D eigenvalue weighted by molar-refractivity contribution is 5.24. The number of hydrogen-bond donors (Lipinski definition) is 1. The second kappa shape index (κ2) is 6.61. The fraction of sp³-hybridized carbons (Fsp3) is 0.625. The highest BCUT2D eigenvalue weighted by Crippen LogP contribution is 2.38. The van der Waals surface area contributed by atoms with Gasteiger partial charge in [-0.2, -0.15) is 0 Å². The van der Waals surface area contributed by atoms with Crippen LogP contribution in [0.3, 0.4) is 0 Å². The first-order chi connectivity index (χ1) is 9.58. The van der Waals surface area contributed by atoms with E-state index in [-0.39, 0.29) is 17.5 Å². The van der Waals surface area contributed by atoms with Crippen LogP contribution in [0.1, 0.15) is 50.6 Å². The Bertz CT molecular complexity index is 453. The fourth-order valence-electron chi connectivity index (χ4n) is 3.36. The van der Waals surface area contributed by atoms with Crippen LogP contribution in [0.5, 0.6) is 0 Å². The van der Waals surface area contributed by atoms with Gasteiger partial charge in [-0.25, -0.2) is 13.2 Å². The molecule has 1 aliphatic carbocycles. The van der Waals surface area contributed by atoms with Crippen molar-refractivity contribution >= 4 is 0 Å². The lowest BCUT2D eigenvalue weighted by Gasteiger charge is -2.34. The second-order valence-electron chi connectivity index (χ2n) is 5.72. The maximum Gasteiger partial charge on any atom is 0.194 e. The molecule has 112 valence electrons. The smallest absolute Gasteiger partial charge is 0.194 e. The van der Waals surface area contributed by atoms with Gasteiger partial charge in [0, 0.05) is 11.6 Å². The van der Waals surface area contributed by atoms with Gasteiger partial charge in [-0.1, -0.05) is 32.3 Å². The summed E-state index contributed by atoms with van der Waals surface area (Å²) in [7, 11) is 1.75. The maximum atomic E-state index is 13.9. The van der Waals surface area contributed by atoms with Crippen molar-refractivity contribution in [2.45, 2.75) is 45.1 Å². The fourth-order valence-corrected chi connectivity index (χ4v) is 3.36. The SMILES string of the molecule is CCC1CCC(C(NC)c2ccc(F)c(F)c2F)CC1. The van der Waals surface area contributed by atoms with E-state index in [2.05, 4.69) is 12.2 Å². The van der Waals surface area contributed by atoms with Crippen LogP contribution in [0, 0.1) is 29.3 Å². The molecule has 2 rings (SSSR count). The van der Waals surface area contributed by atoms with Gasteiger partial charge in [0.2, 0.25) is 0 Å². The van der Waals surface area contributed by atoms with Gasteiger partial charge in [0.1, 0.15) is 0 Å². The van der Waals surface area contributed by atoms with E-state index in [9.17, 15) is 13.2 Å². The molecule has 1 atom stereocenters. The van der Waals surface area contributed by atoms with Gasteiger partial charge in [0.05, 0.1) is 0 Å². The highest BCUT2D eigenvalue weighted by atomic mass is 19.2. The Hall–Kier alpha value is -1.03. The molecule has 0 spiro atoms. The van der Waals surface area contributed by atoms with Crippen LogP contribution in [0.25, 0.3) is 0 Å². The molecule has 1 aromatic rings. The Kier molecular flexibility index (Phi) is 5.08. The van der Waals surface area contributed by atoms with Gasteiger partial charge in [-0.3, -0.25) is 0 Å². The summed E-state index contributed by atoms with van der Waals surface area (Å²) in [5.74, 6) is -2.52. The third kappa shape index (κ3) is 3.00. The number of nitrogens with one attached hydrogen (secondary N) is 1. The predicted octanol–water partition coefficient (Wildman–Crippen LogP) is 4.58. The Morgan fingerprint density at radius 3 is 2.30 bits per heavy atom. The topological polar surface area (TPSA) is 12.0 Å². The van der Waals surface area contributed by atoms with Crippen molar-refractivity contribution in [2.24, 2.45) is 11.8 Å². The first kappa shape index (κ1) is 15.4. The Morgan fingerprint density at radius 1 is 1.10 bits per heavy atom. The van der Waals surface area contributed by atoms with Crippen LogP contribution in [0.15, 0.2) is 12.1 Å². The standard InChI is InChI=1S/C16H22F3N/c1-3-10-4-6-11(7-5-10)16(20-2)12-8-9-13(17)15(19)14(12)18/h8-11,16,20H,3-7H2,1-2H3. The molecule has 4 heteroatoms. The molecule has 1 nitrogen and oxygen atoms in total. The molecule has 0 saturated heterocycles. The van der Waals surface area contributed by atoms with E-state index in [0.717, 1.165) is 37.7 Å². The van der Waals surface area contributed by atoms with Gasteiger partial charge in [-0.15, -0.1) is 0 Å². The van der Waals surface area contributed by atoms with Gasteiger partial charge < -0.3 is 5.32 Å². The van der Waals surface area contributed by atoms with Crippen molar-refractivity contribution < 1.29 is 13.2 Å². The highest BCUT2D eigenvalue weighted by Gasteiger charge is 2.30. The van der Waals surface area contributed by atoms with Crippen molar-refractivity contribution in [3.8, 4) is 0 Å². The third-order valence-electron chi connectivity index (χ3n) is 4.65. The molecule has 0 heterocycles. The van der Waals surface area contributed by atoms with E-state index in [1.165, 1.54) is 12.5 Å².